The molecule has 0 bridgehead atoms. The molecule has 3 aromatic carbocycles. The van der Waals surface area contributed by atoms with Crippen molar-refractivity contribution in [1.82, 2.24) is 0 Å². The van der Waals surface area contributed by atoms with Gasteiger partial charge in [0.15, 0.2) is 0 Å². The van der Waals surface area contributed by atoms with Crippen LogP contribution in [-0.2, 0) is 4.74 Å². The monoisotopic (exact) mass is 512 g/mol. The zero-order chi connectivity index (χ0) is 23.2. The predicted molar refractivity (Wildman–Crippen MR) is 127 cm³/mol. The van der Waals surface area contributed by atoms with E-state index in [0.717, 1.165) is 19.4 Å². The van der Waals surface area contributed by atoms with E-state index in [0.29, 0.717) is 39.3 Å². The van der Waals surface area contributed by atoms with Crippen LogP contribution >= 0.6 is 15.9 Å². The molecule has 2 N–H and O–H groups in total. The van der Waals surface area contributed by atoms with Crippen molar-refractivity contribution >= 4 is 39.1 Å². The number of anilines is 2. The number of nitrogens with one attached hydrogen (secondary N) is 2. The second-order valence-corrected chi connectivity index (χ2v) is 8.44. The molecule has 0 radical (unpaired) electrons. The van der Waals surface area contributed by atoms with Gasteiger partial charge in [-0.05, 0) is 89.4 Å². The first-order valence-corrected chi connectivity index (χ1v) is 11.3. The molecule has 2 amide bonds. The van der Waals surface area contributed by atoms with Gasteiger partial charge in [0.05, 0.1) is 10.6 Å². The van der Waals surface area contributed by atoms with Crippen molar-refractivity contribution in [3.05, 3.63) is 88.1 Å². The van der Waals surface area contributed by atoms with E-state index in [1.165, 1.54) is 24.3 Å². The third kappa shape index (κ3) is 6.18. The van der Waals surface area contributed by atoms with E-state index in [2.05, 4.69) is 26.6 Å². The van der Waals surface area contributed by atoms with Gasteiger partial charge in [-0.25, -0.2) is 4.39 Å². The summed E-state index contributed by atoms with van der Waals surface area (Å²) in [5.41, 5.74) is 1.74. The van der Waals surface area contributed by atoms with Gasteiger partial charge in [0.2, 0.25) is 0 Å². The highest BCUT2D eigenvalue weighted by Crippen LogP contribution is 2.27. The molecule has 1 saturated heterocycles. The molecule has 1 heterocycles. The first kappa shape index (κ1) is 22.9. The van der Waals surface area contributed by atoms with E-state index >= 15 is 0 Å². The van der Waals surface area contributed by atoms with Gasteiger partial charge in [-0.15, -0.1) is 0 Å². The predicted octanol–water partition coefficient (Wildman–Crippen LogP) is 5.65. The van der Waals surface area contributed by atoms with Crippen molar-refractivity contribution < 1.29 is 23.5 Å². The maximum Gasteiger partial charge on any atom is 0.255 e. The third-order valence-electron chi connectivity index (χ3n) is 5.13. The number of carbonyl (C=O) groups is 2. The minimum absolute atomic E-state index is 0.104. The van der Waals surface area contributed by atoms with Gasteiger partial charge in [0, 0.05) is 29.1 Å². The summed E-state index contributed by atoms with van der Waals surface area (Å²) < 4.78 is 25.1. The lowest BCUT2D eigenvalue weighted by Gasteiger charge is -2.13. The average molecular weight is 513 g/mol. The fraction of sp³-hybridized carbons (Fsp3) is 0.200. The largest absolute Gasteiger partial charge is 0.490 e. The second kappa shape index (κ2) is 10.6. The molecule has 1 fully saturated rings. The van der Waals surface area contributed by atoms with Crippen LogP contribution in [0.2, 0.25) is 0 Å². The first-order valence-electron chi connectivity index (χ1n) is 10.5. The van der Waals surface area contributed by atoms with E-state index in [9.17, 15) is 14.0 Å². The molecule has 1 atom stereocenters. The van der Waals surface area contributed by atoms with Crippen LogP contribution in [0.25, 0.3) is 0 Å². The molecule has 1 unspecified atom stereocenters. The Kier molecular flexibility index (Phi) is 7.36. The number of benzene rings is 3. The van der Waals surface area contributed by atoms with Crippen molar-refractivity contribution in [3.8, 4) is 5.75 Å². The summed E-state index contributed by atoms with van der Waals surface area (Å²) in [6.07, 6.45) is 2.13. The average Bonchev–Trinajstić information content (AvgIpc) is 3.33. The van der Waals surface area contributed by atoms with Gasteiger partial charge in [-0.1, -0.05) is 6.07 Å². The Balaban J connectivity index is 1.38. The Hall–Kier alpha value is -3.23. The lowest BCUT2D eigenvalue weighted by Crippen LogP contribution is -2.17. The van der Waals surface area contributed by atoms with E-state index < -0.39 is 0 Å². The van der Waals surface area contributed by atoms with Crippen LogP contribution in [0.15, 0.2) is 71.2 Å². The number of rotatable bonds is 7. The van der Waals surface area contributed by atoms with Gasteiger partial charge in [0.1, 0.15) is 18.2 Å². The lowest BCUT2D eigenvalue weighted by atomic mass is 10.1. The molecule has 8 heteroatoms. The van der Waals surface area contributed by atoms with E-state index in [1.54, 1.807) is 42.5 Å². The smallest absolute Gasteiger partial charge is 0.255 e. The number of carbonyl (C=O) groups excluding carboxylic acids is 2. The fourth-order valence-corrected chi connectivity index (χ4v) is 3.89. The zero-order valence-electron chi connectivity index (χ0n) is 17.6. The molecule has 1 aliphatic heterocycles. The van der Waals surface area contributed by atoms with Crippen molar-refractivity contribution in [2.24, 2.45) is 0 Å². The van der Waals surface area contributed by atoms with Crippen molar-refractivity contribution in [1.29, 1.82) is 0 Å². The number of hydrogen-bond donors (Lipinski definition) is 2. The standard InChI is InChI=1S/C25H22BrFN2O4/c26-22-14-17(6-11-23(22)33-15-21-5-2-12-32-21)25(31)29-20-4-1-3-16(13-20)24(30)28-19-9-7-18(27)8-10-19/h1,3-4,6-11,13-14,21H,2,5,12,15H2,(H,28,30)(H,29,31). The summed E-state index contributed by atoms with van der Waals surface area (Å²) in [5.74, 6) is -0.432. The maximum atomic E-state index is 13.0. The van der Waals surface area contributed by atoms with Gasteiger partial charge >= 0.3 is 0 Å². The Morgan fingerprint density at radius 2 is 1.70 bits per heavy atom. The van der Waals surface area contributed by atoms with Crippen molar-refractivity contribution in [2.75, 3.05) is 23.8 Å². The molecule has 0 aromatic heterocycles. The molecule has 1 aliphatic rings. The SMILES string of the molecule is O=C(Nc1ccc(F)cc1)c1cccc(NC(=O)c2ccc(OCC3CCCO3)c(Br)c2)c1. The Morgan fingerprint density at radius 1 is 0.970 bits per heavy atom. The minimum atomic E-state index is -0.383. The van der Waals surface area contributed by atoms with Gasteiger partial charge in [-0.3, -0.25) is 9.59 Å². The molecule has 33 heavy (non-hydrogen) atoms. The van der Waals surface area contributed by atoms with Crippen LogP contribution in [0.1, 0.15) is 33.6 Å². The van der Waals surface area contributed by atoms with E-state index in [1.807, 2.05) is 0 Å². The number of halogens is 2. The molecule has 6 nitrogen and oxygen atoms in total. The lowest BCUT2D eigenvalue weighted by molar-refractivity contribution is 0.0677. The summed E-state index contributed by atoms with van der Waals surface area (Å²) in [4.78, 5) is 25.2. The molecule has 3 aromatic rings. The highest BCUT2D eigenvalue weighted by molar-refractivity contribution is 9.10. The van der Waals surface area contributed by atoms with Crippen molar-refractivity contribution in [3.63, 3.8) is 0 Å². The zero-order valence-corrected chi connectivity index (χ0v) is 19.2. The number of hydrogen-bond acceptors (Lipinski definition) is 4. The molecule has 4 rings (SSSR count). The Labute approximate surface area is 199 Å². The van der Waals surface area contributed by atoms with E-state index in [4.69, 9.17) is 9.47 Å². The van der Waals surface area contributed by atoms with E-state index in [-0.39, 0.29) is 23.7 Å². The molecular weight excluding hydrogens is 491 g/mol. The van der Waals surface area contributed by atoms with Crippen molar-refractivity contribution in [2.45, 2.75) is 18.9 Å². The van der Waals surface area contributed by atoms with Crippen LogP contribution in [0.3, 0.4) is 0 Å². The summed E-state index contributed by atoms with van der Waals surface area (Å²) in [6, 6.07) is 17.2. The summed E-state index contributed by atoms with van der Waals surface area (Å²) in [5, 5.41) is 5.49. The normalized spacial score (nSPS) is 15.2. The second-order valence-electron chi connectivity index (χ2n) is 7.59. The van der Waals surface area contributed by atoms with Gasteiger partial charge in [-0.2, -0.15) is 0 Å². The molecule has 170 valence electrons. The van der Waals surface area contributed by atoms with Crippen LogP contribution < -0.4 is 15.4 Å². The highest BCUT2D eigenvalue weighted by Gasteiger charge is 2.17. The fourth-order valence-electron chi connectivity index (χ4n) is 3.40. The minimum Gasteiger partial charge on any atom is -0.490 e. The van der Waals surface area contributed by atoms with Crippen LogP contribution in [0.4, 0.5) is 15.8 Å². The first-order chi connectivity index (χ1) is 16.0. The van der Waals surface area contributed by atoms with Crippen LogP contribution in [-0.4, -0.2) is 31.1 Å². The molecule has 0 aliphatic carbocycles. The molecular formula is C25H22BrFN2O4. The van der Waals surface area contributed by atoms with Gasteiger partial charge in [0.25, 0.3) is 11.8 Å². The van der Waals surface area contributed by atoms with Crippen LogP contribution in [0.5, 0.6) is 5.75 Å². The summed E-state index contributed by atoms with van der Waals surface area (Å²) in [7, 11) is 0. The maximum absolute atomic E-state index is 13.0. The number of amides is 2. The summed E-state index contributed by atoms with van der Waals surface area (Å²) in [6.45, 7) is 1.24. The van der Waals surface area contributed by atoms with Crippen LogP contribution in [0, 0.1) is 5.82 Å². The Morgan fingerprint density at radius 3 is 2.39 bits per heavy atom. The Bertz CT molecular complexity index is 1150. The third-order valence-corrected chi connectivity index (χ3v) is 5.75. The molecule has 0 spiro atoms. The quantitative estimate of drug-likeness (QED) is 0.428. The highest BCUT2D eigenvalue weighted by atomic mass is 79.9. The van der Waals surface area contributed by atoms with Gasteiger partial charge < -0.3 is 20.1 Å². The summed E-state index contributed by atoms with van der Waals surface area (Å²) >= 11 is 3.45. The topological polar surface area (TPSA) is 76.7 Å². The molecule has 0 saturated carbocycles. The number of ether oxygens (including phenoxy) is 2.